The van der Waals surface area contributed by atoms with Crippen molar-refractivity contribution in [3.8, 4) is 11.5 Å². The molecule has 1 N–H and O–H groups in total. The number of hydrogen-bond acceptors (Lipinski definition) is 6. The molecule has 0 unspecified atom stereocenters. The SMILES string of the molecule is O=Nc1ccc(NC2CCN(C(=O)CCN3CCC(c4ccc(Oc5ccccc5)cc4)CC3)CC2)cc1C(F)(F)F. The van der Waals surface area contributed by atoms with Crippen molar-refractivity contribution in [1.82, 2.24) is 9.80 Å². The molecule has 0 aliphatic carbocycles. The zero-order valence-electron chi connectivity index (χ0n) is 23.4. The topological polar surface area (TPSA) is 74.2 Å². The number of amides is 1. The molecule has 0 atom stereocenters. The van der Waals surface area contributed by atoms with Gasteiger partial charge in [-0.15, -0.1) is 4.91 Å². The van der Waals surface area contributed by atoms with E-state index in [1.54, 1.807) is 0 Å². The van der Waals surface area contributed by atoms with Crippen LogP contribution in [0.15, 0.2) is 78.0 Å². The summed E-state index contributed by atoms with van der Waals surface area (Å²) < 4.78 is 45.6. The van der Waals surface area contributed by atoms with Crippen LogP contribution in [0.2, 0.25) is 0 Å². The zero-order valence-corrected chi connectivity index (χ0v) is 23.4. The highest BCUT2D eigenvalue weighted by Crippen LogP contribution is 2.38. The molecule has 2 heterocycles. The normalized spacial score (nSPS) is 17.2. The predicted molar refractivity (Wildman–Crippen MR) is 156 cm³/mol. The van der Waals surface area contributed by atoms with Gasteiger partial charge in [0.05, 0.1) is 5.56 Å². The maximum Gasteiger partial charge on any atom is 0.418 e. The van der Waals surface area contributed by atoms with E-state index in [4.69, 9.17) is 4.74 Å². The number of carbonyl (C=O) groups is 1. The van der Waals surface area contributed by atoms with Gasteiger partial charge in [-0.05, 0) is 97.9 Å². The van der Waals surface area contributed by atoms with Crippen LogP contribution in [0.1, 0.15) is 49.1 Å². The van der Waals surface area contributed by atoms with Gasteiger partial charge in [0.25, 0.3) is 0 Å². The van der Waals surface area contributed by atoms with Gasteiger partial charge in [-0.3, -0.25) is 4.79 Å². The number of nitrogens with zero attached hydrogens (tertiary/aromatic N) is 3. The Morgan fingerprint density at radius 3 is 2.19 bits per heavy atom. The lowest BCUT2D eigenvalue weighted by atomic mass is 9.89. The first kappa shape index (κ1) is 29.6. The number of likely N-dealkylation sites (tertiary alicyclic amines) is 2. The van der Waals surface area contributed by atoms with Crippen LogP contribution in [0.3, 0.4) is 0 Å². The van der Waals surface area contributed by atoms with Crippen LogP contribution in [0.4, 0.5) is 24.5 Å². The molecule has 2 fully saturated rings. The predicted octanol–water partition coefficient (Wildman–Crippen LogP) is 7.57. The second-order valence-corrected chi connectivity index (χ2v) is 11.0. The standard InChI is InChI=1S/C32H35F3N4O3/c33-32(34,35)29-22-26(8-11-30(29)37-41)36-25-14-20-39(21-15-25)31(40)16-19-38-17-12-24(13-18-38)23-6-9-28(10-7-23)42-27-4-2-1-3-5-27/h1-11,22,24-25,36H,12-21H2. The molecule has 2 aliphatic rings. The number of halogens is 3. The first-order valence-corrected chi connectivity index (χ1v) is 14.4. The van der Waals surface area contributed by atoms with Crippen LogP contribution >= 0.6 is 0 Å². The van der Waals surface area contributed by atoms with Gasteiger partial charge >= 0.3 is 6.18 Å². The molecule has 42 heavy (non-hydrogen) atoms. The van der Waals surface area contributed by atoms with E-state index in [-0.39, 0.29) is 11.9 Å². The lowest BCUT2D eigenvalue weighted by Gasteiger charge is -2.35. The molecule has 7 nitrogen and oxygen atoms in total. The third-order valence-corrected chi connectivity index (χ3v) is 8.18. The number of piperidine rings is 2. The highest BCUT2D eigenvalue weighted by molar-refractivity contribution is 5.76. The highest BCUT2D eigenvalue weighted by Gasteiger charge is 2.35. The molecule has 3 aromatic rings. The number of nitroso groups, excluding NO2 is 1. The maximum atomic E-state index is 13.2. The third-order valence-electron chi connectivity index (χ3n) is 8.18. The summed E-state index contributed by atoms with van der Waals surface area (Å²) in [6, 6.07) is 21.4. The number of ether oxygens (including phenoxy) is 1. The van der Waals surface area contributed by atoms with Gasteiger partial charge in [0, 0.05) is 37.8 Å². The van der Waals surface area contributed by atoms with Crippen molar-refractivity contribution >= 4 is 17.3 Å². The van der Waals surface area contributed by atoms with E-state index in [0.29, 0.717) is 44.0 Å². The van der Waals surface area contributed by atoms with Gasteiger partial charge in [-0.25, -0.2) is 0 Å². The van der Waals surface area contributed by atoms with E-state index in [2.05, 4.69) is 27.5 Å². The molecular weight excluding hydrogens is 545 g/mol. The van der Waals surface area contributed by atoms with Crippen molar-refractivity contribution in [1.29, 1.82) is 0 Å². The van der Waals surface area contributed by atoms with Crippen molar-refractivity contribution in [2.75, 3.05) is 38.0 Å². The van der Waals surface area contributed by atoms with Crippen molar-refractivity contribution in [2.24, 2.45) is 5.18 Å². The Balaban J connectivity index is 1.02. The van der Waals surface area contributed by atoms with Gasteiger partial charge in [0.1, 0.15) is 17.2 Å². The van der Waals surface area contributed by atoms with Crippen LogP contribution in [-0.2, 0) is 11.0 Å². The number of rotatable bonds is 9. The Morgan fingerprint density at radius 1 is 0.881 bits per heavy atom. The van der Waals surface area contributed by atoms with Crippen molar-refractivity contribution in [3.63, 3.8) is 0 Å². The number of hydrogen-bond donors (Lipinski definition) is 1. The van der Waals surface area contributed by atoms with Gasteiger partial charge in [-0.1, -0.05) is 30.3 Å². The minimum Gasteiger partial charge on any atom is -0.457 e. The van der Waals surface area contributed by atoms with Crippen LogP contribution in [-0.4, -0.2) is 54.5 Å². The van der Waals surface area contributed by atoms with Crippen LogP contribution < -0.4 is 10.1 Å². The molecule has 2 aliphatic heterocycles. The first-order valence-electron chi connectivity index (χ1n) is 14.4. The van der Waals surface area contributed by atoms with E-state index < -0.39 is 17.4 Å². The summed E-state index contributed by atoms with van der Waals surface area (Å²) in [7, 11) is 0. The zero-order chi connectivity index (χ0) is 29.5. The number of anilines is 1. The Kier molecular flexibility index (Phi) is 9.41. The van der Waals surface area contributed by atoms with E-state index in [9.17, 15) is 22.9 Å². The van der Waals surface area contributed by atoms with E-state index in [0.717, 1.165) is 56.1 Å². The van der Waals surface area contributed by atoms with Gasteiger partial charge in [-0.2, -0.15) is 13.2 Å². The van der Waals surface area contributed by atoms with Crippen molar-refractivity contribution in [3.05, 3.63) is 88.8 Å². The minimum absolute atomic E-state index is 0.0526. The number of alkyl halides is 3. The maximum absolute atomic E-state index is 13.2. The van der Waals surface area contributed by atoms with Crippen LogP contribution in [0.25, 0.3) is 0 Å². The summed E-state index contributed by atoms with van der Waals surface area (Å²) in [5.74, 6) is 2.25. The summed E-state index contributed by atoms with van der Waals surface area (Å²) in [6.45, 7) is 3.74. The van der Waals surface area contributed by atoms with Crippen LogP contribution in [0.5, 0.6) is 11.5 Å². The summed E-state index contributed by atoms with van der Waals surface area (Å²) in [5.41, 5.74) is -0.0700. The number of benzene rings is 3. The second kappa shape index (κ2) is 13.4. The molecule has 0 radical (unpaired) electrons. The number of nitrogens with one attached hydrogen (secondary N) is 1. The Labute approximate surface area is 243 Å². The van der Waals surface area contributed by atoms with E-state index >= 15 is 0 Å². The van der Waals surface area contributed by atoms with Gasteiger partial charge in [0.15, 0.2) is 0 Å². The summed E-state index contributed by atoms with van der Waals surface area (Å²) >= 11 is 0. The van der Waals surface area contributed by atoms with Gasteiger partial charge in [0.2, 0.25) is 5.91 Å². The molecule has 2 saturated heterocycles. The number of carbonyl (C=O) groups excluding carboxylic acids is 1. The Morgan fingerprint density at radius 2 is 1.55 bits per heavy atom. The molecule has 5 rings (SSSR count). The monoisotopic (exact) mass is 580 g/mol. The number of para-hydroxylation sites is 1. The molecule has 0 spiro atoms. The molecule has 3 aromatic carbocycles. The largest absolute Gasteiger partial charge is 0.457 e. The van der Waals surface area contributed by atoms with Crippen LogP contribution in [0, 0.1) is 4.91 Å². The highest BCUT2D eigenvalue weighted by atomic mass is 19.4. The fourth-order valence-electron chi connectivity index (χ4n) is 5.78. The van der Waals surface area contributed by atoms with Crippen molar-refractivity contribution < 1.29 is 22.7 Å². The average Bonchev–Trinajstić information content (AvgIpc) is 3.01. The first-order chi connectivity index (χ1) is 20.3. The molecular formula is C32H35F3N4O3. The fourth-order valence-corrected chi connectivity index (χ4v) is 5.78. The lowest BCUT2D eigenvalue weighted by Crippen LogP contribution is -2.43. The van der Waals surface area contributed by atoms with Gasteiger partial charge < -0.3 is 19.9 Å². The molecule has 10 heteroatoms. The van der Waals surface area contributed by atoms with Crippen molar-refractivity contribution in [2.45, 2.75) is 50.2 Å². The van der Waals surface area contributed by atoms with E-state index in [1.165, 1.54) is 11.6 Å². The smallest absolute Gasteiger partial charge is 0.418 e. The summed E-state index contributed by atoms with van der Waals surface area (Å²) in [5, 5.41) is 5.61. The molecule has 222 valence electrons. The minimum atomic E-state index is -4.66. The molecule has 0 aromatic heterocycles. The lowest BCUT2D eigenvalue weighted by molar-refractivity contribution is -0.137. The molecule has 1 amide bonds. The van der Waals surface area contributed by atoms with E-state index in [1.807, 2.05) is 47.4 Å². The molecule has 0 saturated carbocycles. The quantitative estimate of drug-likeness (QED) is 0.264. The second-order valence-electron chi connectivity index (χ2n) is 11.0. The molecule has 0 bridgehead atoms. The Hall–Kier alpha value is -3.92. The summed E-state index contributed by atoms with van der Waals surface area (Å²) in [4.78, 5) is 27.8. The third kappa shape index (κ3) is 7.67. The Bertz CT molecular complexity index is 1340. The average molecular weight is 581 g/mol. The summed E-state index contributed by atoms with van der Waals surface area (Å²) in [6.07, 6.45) is -0.823. The fraction of sp³-hybridized carbons (Fsp3) is 0.406.